The van der Waals surface area contributed by atoms with Crippen molar-refractivity contribution in [2.45, 2.75) is 0 Å². The minimum absolute atomic E-state index is 0.739. The highest BCUT2D eigenvalue weighted by molar-refractivity contribution is 14.1. The number of halogens is 4. The third-order valence-electron chi connectivity index (χ3n) is 1.26. The van der Waals surface area contributed by atoms with Gasteiger partial charge in [0, 0.05) is 4.47 Å². The van der Waals surface area contributed by atoms with Crippen LogP contribution in [0.25, 0.3) is 5.03 Å². The Morgan fingerprint density at radius 3 is 2.17 bits per heavy atom. The van der Waals surface area contributed by atoms with Crippen LogP contribution in [0.4, 0.5) is 0 Å². The third-order valence-corrected chi connectivity index (χ3v) is 3.68. The minimum Gasteiger partial charge on any atom is -0.0819 e. The molecule has 0 N–H and O–H groups in total. The summed E-state index contributed by atoms with van der Waals surface area (Å²) in [5, 5.41) is 0.739. The summed E-state index contributed by atoms with van der Waals surface area (Å²) in [4.78, 5) is 0. The van der Waals surface area contributed by atoms with E-state index in [2.05, 4.69) is 54.5 Å². The van der Waals surface area contributed by atoms with Gasteiger partial charge in [0.15, 0.2) is 0 Å². The van der Waals surface area contributed by atoms with Gasteiger partial charge >= 0.3 is 0 Å². The number of benzene rings is 1. The molecule has 1 rings (SSSR count). The van der Waals surface area contributed by atoms with Crippen molar-refractivity contribution in [3.8, 4) is 0 Å². The summed E-state index contributed by atoms with van der Waals surface area (Å²) in [5.41, 5.74) is 1.01. The van der Waals surface area contributed by atoms with Crippen LogP contribution < -0.4 is 0 Å². The van der Waals surface area contributed by atoms with E-state index >= 15 is 0 Å². The summed E-state index contributed by atoms with van der Waals surface area (Å²) in [6, 6.07) is 7.85. The first kappa shape index (κ1) is 11.0. The molecule has 0 saturated heterocycles. The van der Waals surface area contributed by atoms with Gasteiger partial charge in [0.05, 0.1) is 7.52 Å². The Balaban J connectivity index is 3.06. The van der Waals surface area contributed by atoms with Crippen molar-refractivity contribution in [1.29, 1.82) is 0 Å². The predicted octanol–water partition coefficient (Wildman–Crippen LogP) is 5.14. The fourth-order valence-electron chi connectivity index (χ4n) is 0.705. The van der Waals surface area contributed by atoms with E-state index in [-0.39, 0.29) is 0 Å². The van der Waals surface area contributed by atoms with E-state index in [1.165, 1.54) is 0 Å². The molecule has 0 fully saturated rings. The molecule has 0 saturated carbocycles. The minimum atomic E-state index is 0.739. The summed E-state index contributed by atoms with van der Waals surface area (Å²) in [6.07, 6.45) is 0. The highest BCUT2D eigenvalue weighted by Gasteiger charge is 2.00. The summed E-state index contributed by atoms with van der Waals surface area (Å²) in [7, 11) is 0. The van der Waals surface area contributed by atoms with Crippen molar-refractivity contribution in [1.82, 2.24) is 0 Å². The molecule has 0 atom stereocenters. The molecule has 0 bridgehead atoms. The molecule has 0 aliphatic heterocycles. The molecule has 12 heavy (non-hydrogen) atoms. The third kappa shape index (κ3) is 3.01. The second-order valence-corrected chi connectivity index (χ2v) is 6.73. The van der Waals surface area contributed by atoms with E-state index in [9.17, 15) is 0 Å². The SMILES string of the molecule is ClC(=C(Br)I)c1ccc(Br)cc1. The molecular weight excluding hydrogens is 418 g/mol. The van der Waals surface area contributed by atoms with E-state index < -0.39 is 0 Å². The molecule has 0 aliphatic carbocycles. The molecule has 1 aromatic carbocycles. The van der Waals surface area contributed by atoms with Crippen LogP contribution >= 0.6 is 66.1 Å². The van der Waals surface area contributed by atoms with Crippen molar-refractivity contribution in [2.75, 3.05) is 0 Å². The van der Waals surface area contributed by atoms with Crippen LogP contribution in [0.2, 0.25) is 0 Å². The standard InChI is InChI=1S/C8H4Br2ClI/c9-6-3-1-5(2-4-6)7(11)8(10)12/h1-4H. The molecule has 0 amide bonds. The predicted molar refractivity (Wildman–Crippen MR) is 69.9 cm³/mol. The second kappa shape index (κ2) is 4.98. The zero-order valence-corrected chi connectivity index (χ0v) is 11.9. The zero-order chi connectivity index (χ0) is 9.14. The fourth-order valence-corrected chi connectivity index (χ4v) is 1.64. The summed E-state index contributed by atoms with van der Waals surface area (Å²) < 4.78 is 1.98. The maximum atomic E-state index is 6.00. The summed E-state index contributed by atoms with van der Waals surface area (Å²) in [6.45, 7) is 0. The normalized spacial score (nSPS) is 12.7. The first-order valence-electron chi connectivity index (χ1n) is 3.08. The van der Waals surface area contributed by atoms with Crippen LogP contribution in [0.5, 0.6) is 0 Å². The Hall–Kier alpha value is 0.940. The highest BCUT2D eigenvalue weighted by atomic mass is 127. The first-order chi connectivity index (χ1) is 5.61. The number of rotatable bonds is 1. The molecule has 0 unspecified atom stereocenters. The molecule has 4 heteroatoms. The van der Waals surface area contributed by atoms with Gasteiger partial charge in [-0.1, -0.05) is 39.7 Å². The van der Waals surface area contributed by atoms with Gasteiger partial charge in [-0.3, -0.25) is 0 Å². The van der Waals surface area contributed by atoms with Gasteiger partial charge in [-0.2, -0.15) is 0 Å². The molecule has 0 heterocycles. The molecule has 0 aromatic heterocycles. The van der Waals surface area contributed by atoms with Gasteiger partial charge in [-0.25, -0.2) is 0 Å². The van der Waals surface area contributed by atoms with Crippen LogP contribution in [0.15, 0.2) is 31.2 Å². The van der Waals surface area contributed by atoms with Gasteiger partial charge in [0.2, 0.25) is 0 Å². The van der Waals surface area contributed by atoms with Gasteiger partial charge < -0.3 is 0 Å². The molecule has 0 nitrogen and oxygen atoms in total. The van der Waals surface area contributed by atoms with Crippen molar-refractivity contribution in [3.63, 3.8) is 0 Å². The van der Waals surface area contributed by atoms with E-state index in [1.54, 1.807) is 0 Å². The number of hydrogen-bond donors (Lipinski definition) is 0. The first-order valence-corrected chi connectivity index (χ1v) is 6.12. The van der Waals surface area contributed by atoms with Crippen LogP contribution in [0.1, 0.15) is 5.56 Å². The van der Waals surface area contributed by atoms with Crippen LogP contribution in [0, 0.1) is 0 Å². The van der Waals surface area contributed by atoms with Crippen LogP contribution in [-0.4, -0.2) is 0 Å². The average Bonchev–Trinajstić information content (AvgIpc) is 2.04. The van der Waals surface area contributed by atoms with Crippen molar-refractivity contribution in [3.05, 3.63) is 36.8 Å². The molecule has 0 aliphatic rings. The highest BCUT2D eigenvalue weighted by Crippen LogP contribution is 2.31. The fraction of sp³-hybridized carbons (Fsp3) is 0. The maximum Gasteiger partial charge on any atom is 0.0751 e. The number of hydrogen-bond acceptors (Lipinski definition) is 0. The van der Waals surface area contributed by atoms with Gasteiger partial charge in [-0.15, -0.1) is 0 Å². The quantitative estimate of drug-likeness (QED) is 0.550. The van der Waals surface area contributed by atoms with Crippen molar-refractivity contribution < 1.29 is 0 Å². The van der Waals surface area contributed by atoms with Gasteiger partial charge in [0.1, 0.15) is 0 Å². The lowest BCUT2D eigenvalue weighted by molar-refractivity contribution is 1.61. The molecule has 64 valence electrons. The Morgan fingerprint density at radius 2 is 1.75 bits per heavy atom. The van der Waals surface area contributed by atoms with Gasteiger partial charge in [-0.05, 0) is 56.2 Å². The van der Waals surface area contributed by atoms with E-state index in [0.29, 0.717) is 0 Å². The Kier molecular flexibility index (Phi) is 4.57. The molecule has 0 radical (unpaired) electrons. The lowest BCUT2D eigenvalue weighted by Gasteiger charge is -1.99. The Bertz CT molecular complexity index is 301. The maximum absolute atomic E-state index is 6.00. The second-order valence-electron chi connectivity index (χ2n) is 2.08. The summed E-state index contributed by atoms with van der Waals surface area (Å²) in [5.74, 6) is 0. The topological polar surface area (TPSA) is 0 Å². The molecule has 0 spiro atoms. The Morgan fingerprint density at radius 1 is 1.25 bits per heavy atom. The lowest BCUT2D eigenvalue weighted by atomic mass is 10.2. The molecule has 1 aromatic rings. The zero-order valence-electron chi connectivity index (χ0n) is 5.82. The van der Waals surface area contributed by atoms with E-state index in [0.717, 1.165) is 17.6 Å². The largest absolute Gasteiger partial charge is 0.0819 e. The van der Waals surface area contributed by atoms with E-state index in [4.69, 9.17) is 11.6 Å². The van der Waals surface area contributed by atoms with Gasteiger partial charge in [0.25, 0.3) is 0 Å². The summed E-state index contributed by atoms with van der Waals surface area (Å²) >= 11 is 14.8. The van der Waals surface area contributed by atoms with Crippen molar-refractivity contribution >= 4 is 71.1 Å². The van der Waals surface area contributed by atoms with E-state index in [1.807, 2.05) is 24.3 Å². The lowest BCUT2D eigenvalue weighted by Crippen LogP contribution is -1.75. The smallest absolute Gasteiger partial charge is 0.0751 e. The Labute approximate surface area is 107 Å². The average molecular weight is 422 g/mol. The molecular formula is C8H4Br2ClI. The van der Waals surface area contributed by atoms with Crippen molar-refractivity contribution in [2.24, 2.45) is 0 Å². The van der Waals surface area contributed by atoms with Crippen LogP contribution in [-0.2, 0) is 0 Å². The van der Waals surface area contributed by atoms with Crippen LogP contribution in [0.3, 0.4) is 0 Å². The monoisotopic (exact) mass is 420 g/mol.